The van der Waals surface area contributed by atoms with Crippen LogP contribution < -0.4 is 10.6 Å². The molecule has 3 aromatic rings. The van der Waals surface area contributed by atoms with Crippen LogP contribution in [0, 0.1) is 27.7 Å². The fourth-order valence-electron chi connectivity index (χ4n) is 3.17. The topological polar surface area (TPSA) is 39.9 Å². The van der Waals surface area contributed by atoms with Crippen molar-refractivity contribution >= 4 is 33.9 Å². The Bertz CT molecular complexity index is 924. The number of aryl methyl sites for hydroxylation is 3. The van der Waals surface area contributed by atoms with Gasteiger partial charge < -0.3 is 15.6 Å². The van der Waals surface area contributed by atoms with Gasteiger partial charge in [0.15, 0.2) is 5.11 Å². The predicted molar refractivity (Wildman–Crippen MR) is 112 cm³/mol. The van der Waals surface area contributed by atoms with Crippen LogP contribution in [0.5, 0.6) is 0 Å². The Hall–Kier alpha value is -2.33. The van der Waals surface area contributed by atoms with Gasteiger partial charge >= 0.3 is 0 Å². The van der Waals surface area contributed by atoms with Gasteiger partial charge in [-0.15, -0.1) is 0 Å². The van der Waals surface area contributed by atoms with Crippen LogP contribution in [0.15, 0.2) is 36.4 Å². The zero-order valence-corrected chi connectivity index (χ0v) is 16.1. The molecule has 3 N–H and O–H groups in total. The smallest absolute Gasteiger partial charge is 0.170 e. The van der Waals surface area contributed by atoms with E-state index in [1.165, 1.54) is 38.9 Å². The van der Waals surface area contributed by atoms with Gasteiger partial charge in [-0.3, -0.25) is 0 Å². The number of fused-ring (bicyclic) bond motifs is 1. The predicted octanol–water partition coefficient (Wildman–Crippen LogP) is 4.93. The summed E-state index contributed by atoms with van der Waals surface area (Å²) in [5.74, 6) is 0. The molecule has 0 unspecified atom stereocenters. The minimum atomic E-state index is 0.669. The second-order valence-electron chi connectivity index (χ2n) is 6.66. The quantitative estimate of drug-likeness (QED) is 0.584. The lowest BCUT2D eigenvalue weighted by molar-refractivity contribution is 0.871. The molecule has 0 aliphatic carbocycles. The van der Waals surface area contributed by atoms with Crippen LogP contribution in [0.4, 0.5) is 5.69 Å². The monoisotopic (exact) mass is 351 g/mol. The van der Waals surface area contributed by atoms with E-state index in [1.54, 1.807) is 0 Å². The van der Waals surface area contributed by atoms with E-state index in [9.17, 15) is 0 Å². The first-order valence-corrected chi connectivity index (χ1v) is 9.05. The van der Waals surface area contributed by atoms with Gasteiger partial charge in [-0.05, 0) is 81.2 Å². The lowest BCUT2D eigenvalue weighted by Gasteiger charge is -2.14. The first-order chi connectivity index (χ1) is 12.0. The lowest BCUT2D eigenvalue weighted by atomic mass is 10.1. The maximum Gasteiger partial charge on any atom is 0.170 e. The van der Waals surface area contributed by atoms with E-state index in [-0.39, 0.29) is 0 Å². The van der Waals surface area contributed by atoms with E-state index in [4.69, 9.17) is 12.2 Å². The van der Waals surface area contributed by atoms with E-state index in [1.807, 2.05) is 6.07 Å². The molecule has 0 radical (unpaired) electrons. The number of H-pyrrole nitrogens is 1. The van der Waals surface area contributed by atoms with Crippen molar-refractivity contribution < 1.29 is 0 Å². The molecule has 0 fully saturated rings. The Morgan fingerprint density at radius 1 is 1.08 bits per heavy atom. The van der Waals surface area contributed by atoms with Crippen molar-refractivity contribution in [1.29, 1.82) is 0 Å². The van der Waals surface area contributed by atoms with Gasteiger partial charge in [-0.1, -0.05) is 23.8 Å². The number of hydrogen-bond donors (Lipinski definition) is 3. The summed E-state index contributed by atoms with van der Waals surface area (Å²) < 4.78 is 0. The van der Waals surface area contributed by atoms with Crippen molar-refractivity contribution in [3.05, 3.63) is 64.3 Å². The van der Waals surface area contributed by atoms with E-state index in [0.29, 0.717) is 5.11 Å². The van der Waals surface area contributed by atoms with Gasteiger partial charge in [-0.2, -0.15) is 0 Å². The summed E-state index contributed by atoms with van der Waals surface area (Å²) in [6.07, 6.45) is 0.934. The van der Waals surface area contributed by atoms with Gasteiger partial charge in [0.1, 0.15) is 0 Å². The highest BCUT2D eigenvalue weighted by molar-refractivity contribution is 7.80. The summed E-state index contributed by atoms with van der Waals surface area (Å²) in [5.41, 5.74) is 8.64. The third kappa shape index (κ3) is 3.85. The van der Waals surface area contributed by atoms with Gasteiger partial charge in [0.05, 0.1) is 0 Å². The van der Waals surface area contributed by atoms with Crippen molar-refractivity contribution in [3.63, 3.8) is 0 Å². The van der Waals surface area contributed by atoms with Crippen LogP contribution in [0.3, 0.4) is 0 Å². The number of aromatic nitrogens is 1. The van der Waals surface area contributed by atoms with Crippen molar-refractivity contribution in [2.45, 2.75) is 34.1 Å². The summed E-state index contributed by atoms with van der Waals surface area (Å²) in [6.45, 7) is 9.29. The third-order valence-corrected chi connectivity index (χ3v) is 5.03. The number of benzene rings is 2. The molecular weight excluding hydrogens is 326 g/mol. The van der Waals surface area contributed by atoms with Crippen LogP contribution in [0.25, 0.3) is 10.9 Å². The maximum atomic E-state index is 5.45. The summed E-state index contributed by atoms with van der Waals surface area (Å²) in [6, 6.07) is 12.8. The fourth-order valence-corrected chi connectivity index (χ4v) is 3.38. The first-order valence-electron chi connectivity index (χ1n) is 8.64. The average molecular weight is 352 g/mol. The molecule has 3 rings (SSSR count). The molecule has 25 heavy (non-hydrogen) atoms. The Balaban J connectivity index is 1.63. The minimum absolute atomic E-state index is 0.669. The zero-order valence-electron chi connectivity index (χ0n) is 15.3. The molecule has 0 amide bonds. The molecule has 2 aromatic carbocycles. The van der Waals surface area contributed by atoms with E-state index in [2.05, 4.69) is 73.6 Å². The Labute approximate surface area is 154 Å². The lowest BCUT2D eigenvalue weighted by Crippen LogP contribution is -2.30. The van der Waals surface area contributed by atoms with Gasteiger partial charge in [-0.25, -0.2) is 0 Å². The molecular formula is C21H25N3S. The van der Waals surface area contributed by atoms with Crippen molar-refractivity contribution in [2.75, 3.05) is 11.9 Å². The van der Waals surface area contributed by atoms with Crippen LogP contribution in [0.1, 0.15) is 27.9 Å². The largest absolute Gasteiger partial charge is 0.362 e. The zero-order chi connectivity index (χ0) is 18.0. The minimum Gasteiger partial charge on any atom is -0.362 e. The van der Waals surface area contributed by atoms with Crippen molar-refractivity contribution in [1.82, 2.24) is 10.3 Å². The molecule has 0 aliphatic rings. The van der Waals surface area contributed by atoms with Gasteiger partial charge in [0, 0.05) is 28.8 Å². The standard InChI is InChI=1S/C21H25N3S/c1-13-8-9-20-18(12-13)17(16(4)23-20)10-11-22-21(25)24-19-7-5-6-14(2)15(19)3/h5-9,12,23H,10-11H2,1-4H3,(H2,22,24,25). The normalized spacial score (nSPS) is 10.9. The van der Waals surface area contributed by atoms with E-state index in [0.717, 1.165) is 18.7 Å². The van der Waals surface area contributed by atoms with E-state index >= 15 is 0 Å². The molecule has 0 saturated heterocycles. The van der Waals surface area contributed by atoms with Crippen molar-refractivity contribution in [2.24, 2.45) is 0 Å². The molecule has 1 aromatic heterocycles. The first kappa shape index (κ1) is 17.5. The molecule has 0 spiro atoms. The molecule has 0 bridgehead atoms. The third-order valence-electron chi connectivity index (χ3n) is 4.79. The molecule has 1 heterocycles. The summed E-state index contributed by atoms with van der Waals surface area (Å²) in [4.78, 5) is 3.47. The fraction of sp³-hybridized carbons (Fsp3) is 0.286. The number of thiocarbonyl (C=S) groups is 1. The highest BCUT2D eigenvalue weighted by Crippen LogP contribution is 2.23. The molecule has 0 saturated carbocycles. The number of hydrogen-bond acceptors (Lipinski definition) is 1. The average Bonchev–Trinajstić information content (AvgIpc) is 2.87. The summed E-state index contributed by atoms with van der Waals surface area (Å²) in [5, 5.41) is 8.62. The Morgan fingerprint density at radius 3 is 2.68 bits per heavy atom. The molecule has 4 heteroatoms. The summed E-state index contributed by atoms with van der Waals surface area (Å²) >= 11 is 5.45. The molecule has 3 nitrogen and oxygen atoms in total. The van der Waals surface area contributed by atoms with Crippen LogP contribution >= 0.6 is 12.2 Å². The highest BCUT2D eigenvalue weighted by Gasteiger charge is 2.09. The van der Waals surface area contributed by atoms with Crippen molar-refractivity contribution in [3.8, 4) is 0 Å². The highest BCUT2D eigenvalue weighted by atomic mass is 32.1. The van der Waals surface area contributed by atoms with E-state index < -0.39 is 0 Å². The number of nitrogens with one attached hydrogen (secondary N) is 3. The molecule has 0 atom stereocenters. The maximum absolute atomic E-state index is 5.45. The van der Waals surface area contributed by atoms with Crippen LogP contribution in [-0.2, 0) is 6.42 Å². The molecule has 130 valence electrons. The number of aromatic amines is 1. The summed E-state index contributed by atoms with van der Waals surface area (Å²) in [7, 11) is 0. The van der Waals surface area contributed by atoms with Gasteiger partial charge in [0.25, 0.3) is 0 Å². The Morgan fingerprint density at radius 2 is 1.88 bits per heavy atom. The second-order valence-corrected chi connectivity index (χ2v) is 7.06. The van der Waals surface area contributed by atoms with Gasteiger partial charge in [0.2, 0.25) is 0 Å². The Kier molecular flexibility index (Phi) is 5.09. The second kappa shape index (κ2) is 7.28. The van der Waals surface area contributed by atoms with Crippen LogP contribution in [-0.4, -0.2) is 16.6 Å². The SMILES string of the molecule is Cc1ccc2[nH]c(C)c(CCNC(=S)Nc3cccc(C)c3C)c2c1. The van der Waals surface area contributed by atoms with Crippen LogP contribution in [0.2, 0.25) is 0 Å². The number of anilines is 1. The molecule has 0 aliphatic heterocycles. The number of rotatable bonds is 4.